The van der Waals surface area contributed by atoms with Crippen LogP contribution in [0, 0.1) is 5.82 Å². The molecule has 0 saturated carbocycles. The van der Waals surface area contributed by atoms with Crippen LogP contribution in [0.3, 0.4) is 0 Å². The molecule has 0 unspecified atom stereocenters. The highest BCUT2D eigenvalue weighted by Gasteiger charge is 2.24. The lowest BCUT2D eigenvalue weighted by Gasteiger charge is -2.35. The van der Waals surface area contributed by atoms with Crippen LogP contribution in [0.2, 0.25) is 5.02 Å². The highest BCUT2D eigenvalue weighted by atomic mass is 35.5. The molecule has 3 rings (SSSR count). The second kappa shape index (κ2) is 6.79. The van der Waals surface area contributed by atoms with Crippen LogP contribution in [0.1, 0.15) is 12.8 Å². The van der Waals surface area contributed by atoms with Gasteiger partial charge < -0.3 is 9.80 Å². The van der Waals surface area contributed by atoms with E-state index in [1.807, 2.05) is 9.80 Å². The van der Waals surface area contributed by atoms with E-state index in [0.717, 1.165) is 39.0 Å². The van der Waals surface area contributed by atoms with Gasteiger partial charge in [-0.2, -0.15) is 0 Å². The van der Waals surface area contributed by atoms with E-state index in [0.29, 0.717) is 30.5 Å². The number of aromatic nitrogens is 1. The number of piperazine rings is 1. The minimum atomic E-state index is -0.394. The topological polar surface area (TPSA) is 39.7 Å². The van der Waals surface area contributed by atoms with Gasteiger partial charge in [-0.15, -0.1) is 0 Å². The van der Waals surface area contributed by atoms with Gasteiger partial charge in [-0.25, -0.2) is 9.37 Å². The molecule has 0 aliphatic carbocycles. The largest absolute Gasteiger partial charge is 0.352 e. The first-order chi connectivity index (χ1) is 10.6. The number of likely N-dealkylation sites (tertiary alicyclic amines) is 1. The molecular formula is C15H20ClFN4O. The predicted octanol–water partition coefficient (Wildman–Crippen LogP) is 1.62. The molecule has 120 valence electrons. The number of carbonyl (C=O) groups is 1. The fourth-order valence-corrected chi connectivity index (χ4v) is 3.16. The van der Waals surface area contributed by atoms with Crippen molar-refractivity contribution in [2.75, 3.05) is 50.7 Å². The Morgan fingerprint density at radius 3 is 2.50 bits per heavy atom. The fourth-order valence-electron chi connectivity index (χ4n) is 3.02. The molecule has 1 amide bonds. The Balaban J connectivity index is 1.52. The number of amides is 1. The average Bonchev–Trinajstić information content (AvgIpc) is 3.03. The summed E-state index contributed by atoms with van der Waals surface area (Å²) in [5, 5.41) is 0.302. The maximum Gasteiger partial charge on any atom is 0.236 e. The van der Waals surface area contributed by atoms with Crippen LogP contribution >= 0.6 is 11.6 Å². The number of carbonyl (C=O) groups excluding carboxylic acids is 1. The van der Waals surface area contributed by atoms with Gasteiger partial charge in [-0.3, -0.25) is 9.69 Å². The summed E-state index contributed by atoms with van der Waals surface area (Å²) in [6, 6.07) is 1.28. The lowest BCUT2D eigenvalue weighted by Crippen LogP contribution is -2.50. The van der Waals surface area contributed by atoms with Gasteiger partial charge in [0.1, 0.15) is 0 Å². The zero-order valence-electron chi connectivity index (χ0n) is 12.5. The summed E-state index contributed by atoms with van der Waals surface area (Å²) >= 11 is 5.73. The Labute approximate surface area is 134 Å². The summed E-state index contributed by atoms with van der Waals surface area (Å²) in [4.78, 5) is 22.2. The minimum absolute atomic E-state index is 0.210. The third-order valence-corrected chi connectivity index (χ3v) is 4.48. The quantitative estimate of drug-likeness (QED) is 0.846. The highest BCUT2D eigenvalue weighted by molar-refractivity contribution is 6.30. The monoisotopic (exact) mass is 326 g/mol. The molecule has 1 aromatic rings. The summed E-state index contributed by atoms with van der Waals surface area (Å²) in [7, 11) is 0. The Bertz CT molecular complexity index is 542. The van der Waals surface area contributed by atoms with Crippen molar-refractivity contribution in [2.24, 2.45) is 0 Å². The summed E-state index contributed by atoms with van der Waals surface area (Å²) < 4.78 is 13.9. The number of pyridine rings is 1. The molecule has 0 radical (unpaired) electrons. The van der Waals surface area contributed by atoms with Crippen molar-refractivity contribution in [2.45, 2.75) is 12.8 Å². The first kappa shape index (κ1) is 15.5. The average molecular weight is 327 g/mol. The van der Waals surface area contributed by atoms with E-state index in [4.69, 9.17) is 11.6 Å². The SMILES string of the molecule is O=C(CN1CCN(c2ncc(Cl)cc2F)CC1)N1CCCC1. The van der Waals surface area contributed by atoms with Gasteiger partial charge in [-0.05, 0) is 18.9 Å². The summed E-state index contributed by atoms with van der Waals surface area (Å²) in [5.74, 6) is 0.158. The van der Waals surface area contributed by atoms with Gasteiger partial charge in [0.15, 0.2) is 11.6 Å². The Morgan fingerprint density at radius 1 is 1.18 bits per heavy atom. The molecule has 7 heteroatoms. The van der Waals surface area contributed by atoms with Gasteiger partial charge >= 0.3 is 0 Å². The third-order valence-electron chi connectivity index (χ3n) is 4.28. The first-order valence-corrected chi connectivity index (χ1v) is 8.07. The van der Waals surface area contributed by atoms with E-state index in [2.05, 4.69) is 9.88 Å². The molecule has 22 heavy (non-hydrogen) atoms. The molecule has 0 bridgehead atoms. The number of halogens is 2. The fraction of sp³-hybridized carbons (Fsp3) is 0.600. The standard InChI is InChI=1S/C15H20ClFN4O/c16-12-9-13(17)15(18-10-12)21-7-5-19(6-8-21)11-14(22)20-3-1-2-4-20/h9-10H,1-8,11H2. The van der Waals surface area contributed by atoms with Crippen molar-refractivity contribution in [3.05, 3.63) is 23.1 Å². The molecule has 0 spiro atoms. The molecule has 3 heterocycles. The van der Waals surface area contributed by atoms with Crippen LogP contribution in [0.15, 0.2) is 12.3 Å². The van der Waals surface area contributed by atoms with Crippen molar-refractivity contribution in [3.8, 4) is 0 Å². The van der Waals surface area contributed by atoms with E-state index in [1.165, 1.54) is 12.3 Å². The second-order valence-corrected chi connectivity index (χ2v) is 6.25. The van der Waals surface area contributed by atoms with Crippen molar-refractivity contribution < 1.29 is 9.18 Å². The molecule has 0 atom stereocenters. The highest BCUT2D eigenvalue weighted by Crippen LogP contribution is 2.21. The van der Waals surface area contributed by atoms with Crippen LogP contribution in [-0.4, -0.2) is 66.5 Å². The third kappa shape index (κ3) is 3.50. The Hall–Kier alpha value is -1.40. The lowest BCUT2D eigenvalue weighted by atomic mass is 10.3. The van der Waals surface area contributed by atoms with Gasteiger partial charge in [0.05, 0.1) is 11.6 Å². The van der Waals surface area contributed by atoms with Crippen LogP contribution in [0.25, 0.3) is 0 Å². The van der Waals surface area contributed by atoms with Crippen LogP contribution in [0.4, 0.5) is 10.2 Å². The van der Waals surface area contributed by atoms with Gasteiger partial charge in [-0.1, -0.05) is 11.6 Å². The van der Waals surface area contributed by atoms with Crippen molar-refractivity contribution in [1.82, 2.24) is 14.8 Å². The van der Waals surface area contributed by atoms with Gasteiger partial charge in [0.25, 0.3) is 0 Å². The van der Waals surface area contributed by atoms with Crippen molar-refractivity contribution >= 4 is 23.3 Å². The van der Waals surface area contributed by atoms with Crippen molar-refractivity contribution in [1.29, 1.82) is 0 Å². The Morgan fingerprint density at radius 2 is 1.86 bits per heavy atom. The molecule has 1 aromatic heterocycles. The van der Waals surface area contributed by atoms with Crippen LogP contribution in [-0.2, 0) is 4.79 Å². The second-order valence-electron chi connectivity index (χ2n) is 5.81. The summed E-state index contributed by atoms with van der Waals surface area (Å²) in [5.41, 5.74) is 0. The number of hydrogen-bond acceptors (Lipinski definition) is 4. The zero-order chi connectivity index (χ0) is 15.5. The van der Waals surface area contributed by atoms with Crippen LogP contribution < -0.4 is 4.90 Å². The lowest BCUT2D eigenvalue weighted by molar-refractivity contribution is -0.131. The molecule has 5 nitrogen and oxygen atoms in total. The summed E-state index contributed by atoms with van der Waals surface area (Å²) in [6.07, 6.45) is 3.69. The number of nitrogens with zero attached hydrogens (tertiary/aromatic N) is 4. The maximum absolute atomic E-state index is 13.9. The maximum atomic E-state index is 13.9. The number of rotatable bonds is 3. The normalized spacial score (nSPS) is 19.7. The molecule has 2 saturated heterocycles. The molecule has 2 aliphatic heterocycles. The first-order valence-electron chi connectivity index (χ1n) is 7.69. The van der Waals surface area contributed by atoms with Gasteiger partial charge in [0.2, 0.25) is 5.91 Å². The molecule has 2 fully saturated rings. The van der Waals surface area contributed by atoms with E-state index < -0.39 is 5.82 Å². The van der Waals surface area contributed by atoms with Crippen molar-refractivity contribution in [3.63, 3.8) is 0 Å². The molecule has 0 N–H and O–H groups in total. The predicted molar refractivity (Wildman–Crippen MR) is 83.7 cm³/mol. The molecule has 2 aliphatic rings. The van der Waals surface area contributed by atoms with E-state index in [-0.39, 0.29) is 5.91 Å². The molecule has 0 aromatic carbocycles. The summed E-state index contributed by atoms with van der Waals surface area (Å²) in [6.45, 7) is 5.05. The van der Waals surface area contributed by atoms with Gasteiger partial charge in [0, 0.05) is 45.5 Å². The Kier molecular flexibility index (Phi) is 4.78. The van der Waals surface area contributed by atoms with E-state index in [9.17, 15) is 9.18 Å². The van der Waals surface area contributed by atoms with E-state index >= 15 is 0 Å². The molecular weight excluding hydrogens is 307 g/mol. The van der Waals surface area contributed by atoms with E-state index in [1.54, 1.807) is 0 Å². The zero-order valence-corrected chi connectivity index (χ0v) is 13.2. The number of anilines is 1. The number of hydrogen-bond donors (Lipinski definition) is 0. The van der Waals surface area contributed by atoms with Crippen LogP contribution in [0.5, 0.6) is 0 Å². The smallest absolute Gasteiger partial charge is 0.236 e. The minimum Gasteiger partial charge on any atom is -0.352 e.